The minimum atomic E-state index is -2.14. The summed E-state index contributed by atoms with van der Waals surface area (Å²) in [6.45, 7) is 13.8. The van der Waals surface area contributed by atoms with Crippen LogP contribution in [0.4, 0.5) is 0 Å². The summed E-state index contributed by atoms with van der Waals surface area (Å²) in [5.74, 6) is -0.453. The van der Waals surface area contributed by atoms with Crippen LogP contribution in [0.1, 0.15) is 39.7 Å². The van der Waals surface area contributed by atoms with Gasteiger partial charge in [-0.1, -0.05) is 32.9 Å². The van der Waals surface area contributed by atoms with E-state index in [0.717, 1.165) is 11.3 Å². The quantitative estimate of drug-likeness (QED) is 0.450. The standard InChI is InChI=1S/C27H44O9Si/c1-17-22-23(24(29-6)25(30-7)33-17)35-27(34-22)14-20(36-37(8,9)26(2,3)4)21(16-32-27)31-15-18-10-12-19(28-5)13-11-18/h10-13,17,20-25H,14-16H2,1-9H3/t17-,20-,21-,22-,23+,24-,25+,27-/m1/s1. The molecule has 0 aliphatic carbocycles. The Bertz CT molecular complexity index is 889. The van der Waals surface area contributed by atoms with Crippen LogP contribution < -0.4 is 4.74 Å². The van der Waals surface area contributed by atoms with Crippen LogP contribution in [0.5, 0.6) is 5.75 Å². The van der Waals surface area contributed by atoms with Gasteiger partial charge in [-0.05, 0) is 42.8 Å². The molecule has 8 atom stereocenters. The van der Waals surface area contributed by atoms with Gasteiger partial charge in [-0.3, -0.25) is 0 Å². The first kappa shape index (κ1) is 28.9. The Labute approximate surface area is 222 Å². The predicted octanol–water partition coefficient (Wildman–Crippen LogP) is 4.24. The largest absolute Gasteiger partial charge is 0.497 e. The lowest BCUT2D eigenvalue weighted by atomic mass is 10.00. The third kappa shape index (κ3) is 6.07. The zero-order valence-electron chi connectivity index (χ0n) is 23.6. The molecule has 0 radical (unpaired) electrons. The van der Waals surface area contributed by atoms with E-state index in [1.165, 1.54) is 0 Å². The van der Waals surface area contributed by atoms with Gasteiger partial charge in [-0.25, -0.2) is 0 Å². The SMILES string of the molecule is COc1ccc(CO[C@@H]2CO[C@@]3(C[C@H]2O[Si](C)(C)C(C)(C)C)O[C@@H]2[C@@H](OC)[C@@H](OC)O[C@H](C)[C@H]2O3)cc1. The maximum Gasteiger partial charge on any atom is 0.286 e. The van der Waals surface area contributed by atoms with Crippen LogP contribution in [0.3, 0.4) is 0 Å². The molecule has 4 rings (SSSR count). The van der Waals surface area contributed by atoms with E-state index in [0.29, 0.717) is 13.0 Å². The van der Waals surface area contributed by atoms with Crippen LogP contribution >= 0.6 is 0 Å². The molecular weight excluding hydrogens is 496 g/mol. The molecule has 3 heterocycles. The highest BCUT2D eigenvalue weighted by Crippen LogP contribution is 2.46. The summed E-state index contributed by atoms with van der Waals surface area (Å²) in [5, 5.41) is 0.0273. The molecule has 0 bridgehead atoms. The zero-order valence-corrected chi connectivity index (χ0v) is 24.6. The van der Waals surface area contributed by atoms with E-state index in [4.69, 9.17) is 42.3 Å². The van der Waals surface area contributed by atoms with Crippen molar-refractivity contribution < 1.29 is 42.3 Å². The number of ether oxygens (including phenoxy) is 8. The Morgan fingerprint density at radius 3 is 2.24 bits per heavy atom. The number of hydrogen-bond acceptors (Lipinski definition) is 9. The van der Waals surface area contributed by atoms with Crippen molar-refractivity contribution in [2.24, 2.45) is 0 Å². The molecule has 0 aromatic heterocycles. The van der Waals surface area contributed by atoms with Gasteiger partial charge >= 0.3 is 0 Å². The first-order chi connectivity index (χ1) is 17.4. The van der Waals surface area contributed by atoms with Crippen molar-refractivity contribution in [3.8, 4) is 5.75 Å². The Morgan fingerprint density at radius 2 is 1.65 bits per heavy atom. The lowest BCUT2D eigenvalue weighted by Gasteiger charge is -2.46. The number of methoxy groups -OCH3 is 3. The van der Waals surface area contributed by atoms with Crippen molar-refractivity contribution in [3.63, 3.8) is 0 Å². The number of fused-ring (bicyclic) bond motifs is 1. The van der Waals surface area contributed by atoms with E-state index in [1.54, 1.807) is 21.3 Å². The van der Waals surface area contributed by atoms with E-state index >= 15 is 0 Å². The summed E-state index contributed by atoms with van der Waals surface area (Å²) < 4.78 is 55.0. The summed E-state index contributed by atoms with van der Waals surface area (Å²) in [7, 11) is 2.73. The summed E-state index contributed by atoms with van der Waals surface area (Å²) in [5.41, 5.74) is 1.05. The third-order valence-electron chi connectivity index (χ3n) is 8.07. The smallest absolute Gasteiger partial charge is 0.286 e. The molecule has 0 unspecified atom stereocenters. The van der Waals surface area contributed by atoms with Crippen molar-refractivity contribution >= 4 is 8.32 Å². The van der Waals surface area contributed by atoms with Crippen LogP contribution in [0, 0.1) is 0 Å². The van der Waals surface area contributed by atoms with Gasteiger partial charge in [0.1, 0.15) is 30.2 Å². The Balaban J connectivity index is 1.53. The van der Waals surface area contributed by atoms with Gasteiger partial charge in [-0.2, -0.15) is 0 Å². The topological polar surface area (TPSA) is 83.1 Å². The molecule has 0 N–H and O–H groups in total. The minimum absolute atomic E-state index is 0.0273. The lowest BCUT2D eigenvalue weighted by molar-refractivity contribution is -0.381. The van der Waals surface area contributed by atoms with Crippen LogP contribution in [-0.2, 0) is 44.2 Å². The van der Waals surface area contributed by atoms with E-state index in [1.807, 2.05) is 31.2 Å². The molecule has 3 aliphatic rings. The summed E-state index contributed by atoms with van der Waals surface area (Å²) in [6.07, 6.45) is -2.19. The average Bonchev–Trinajstić information content (AvgIpc) is 3.22. The fourth-order valence-corrected chi connectivity index (χ4v) is 6.17. The molecule has 1 aromatic carbocycles. The Hall–Kier alpha value is -1.08. The first-order valence-electron chi connectivity index (χ1n) is 13.0. The molecule has 3 fully saturated rings. The molecule has 0 amide bonds. The van der Waals surface area contributed by atoms with Crippen molar-refractivity contribution in [1.82, 2.24) is 0 Å². The van der Waals surface area contributed by atoms with Gasteiger partial charge in [0.2, 0.25) is 0 Å². The van der Waals surface area contributed by atoms with E-state index in [2.05, 4.69) is 33.9 Å². The van der Waals surface area contributed by atoms with Gasteiger partial charge in [0, 0.05) is 14.2 Å². The van der Waals surface area contributed by atoms with E-state index in [-0.39, 0.29) is 36.1 Å². The normalized spacial score (nSPS) is 36.5. The Morgan fingerprint density at radius 1 is 0.973 bits per heavy atom. The summed E-state index contributed by atoms with van der Waals surface area (Å²) in [4.78, 5) is 0. The molecule has 37 heavy (non-hydrogen) atoms. The third-order valence-corrected chi connectivity index (χ3v) is 12.6. The lowest BCUT2D eigenvalue weighted by Crippen LogP contribution is -2.57. The van der Waals surface area contributed by atoms with Crippen LogP contribution in [0.15, 0.2) is 24.3 Å². The van der Waals surface area contributed by atoms with Gasteiger partial charge in [0.05, 0.1) is 39.0 Å². The average molecular weight is 541 g/mol. The second kappa shape index (κ2) is 11.2. The highest BCUT2D eigenvalue weighted by atomic mass is 28.4. The number of rotatable bonds is 8. The zero-order chi connectivity index (χ0) is 27.0. The first-order valence-corrected chi connectivity index (χ1v) is 16.0. The van der Waals surface area contributed by atoms with Crippen LogP contribution in [0.25, 0.3) is 0 Å². The maximum absolute atomic E-state index is 6.91. The van der Waals surface area contributed by atoms with Crippen molar-refractivity contribution in [1.29, 1.82) is 0 Å². The van der Waals surface area contributed by atoms with Gasteiger partial charge in [0.25, 0.3) is 5.97 Å². The molecule has 3 saturated heterocycles. The summed E-state index contributed by atoms with van der Waals surface area (Å²) >= 11 is 0. The monoisotopic (exact) mass is 540 g/mol. The molecular formula is C27H44O9Si. The van der Waals surface area contributed by atoms with Gasteiger partial charge in [0.15, 0.2) is 14.6 Å². The minimum Gasteiger partial charge on any atom is -0.497 e. The Kier molecular flexibility index (Phi) is 8.74. The fourth-order valence-electron chi connectivity index (χ4n) is 4.82. The van der Waals surface area contributed by atoms with Crippen molar-refractivity contribution in [2.45, 2.75) is 108 Å². The number of hydrogen-bond donors (Lipinski definition) is 0. The van der Waals surface area contributed by atoms with Crippen LogP contribution in [-0.4, -0.2) is 85.1 Å². The molecule has 9 nitrogen and oxygen atoms in total. The predicted molar refractivity (Wildman–Crippen MR) is 139 cm³/mol. The molecule has 0 saturated carbocycles. The van der Waals surface area contributed by atoms with E-state index < -0.39 is 32.8 Å². The molecule has 1 spiro atoms. The van der Waals surface area contributed by atoms with Gasteiger partial charge in [-0.15, -0.1) is 0 Å². The number of benzene rings is 1. The molecule has 210 valence electrons. The molecule has 10 heteroatoms. The summed E-state index contributed by atoms with van der Waals surface area (Å²) in [6, 6.07) is 7.86. The molecule has 1 aromatic rings. The van der Waals surface area contributed by atoms with E-state index in [9.17, 15) is 0 Å². The van der Waals surface area contributed by atoms with Gasteiger partial charge < -0.3 is 42.3 Å². The highest BCUT2D eigenvalue weighted by Gasteiger charge is 2.61. The van der Waals surface area contributed by atoms with Crippen LogP contribution in [0.2, 0.25) is 18.1 Å². The highest BCUT2D eigenvalue weighted by molar-refractivity contribution is 6.74. The van der Waals surface area contributed by atoms with Crippen molar-refractivity contribution in [3.05, 3.63) is 29.8 Å². The second-order valence-electron chi connectivity index (χ2n) is 11.6. The molecule has 3 aliphatic heterocycles. The van der Waals surface area contributed by atoms with Crippen molar-refractivity contribution in [2.75, 3.05) is 27.9 Å². The fraction of sp³-hybridized carbons (Fsp3) is 0.778. The maximum atomic E-state index is 6.91. The second-order valence-corrected chi connectivity index (χ2v) is 16.4.